The molecule has 3 rings (SSSR count). The van der Waals surface area contributed by atoms with Gasteiger partial charge in [0, 0.05) is 17.6 Å². The molecule has 2 N–H and O–H groups in total. The lowest BCUT2D eigenvalue weighted by molar-refractivity contribution is 0.226. The summed E-state index contributed by atoms with van der Waals surface area (Å²) < 4.78 is 5.82. The number of halogens is 1. The fourth-order valence-corrected chi connectivity index (χ4v) is 2.90. The van der Waals surface area contributed by atoms with E-state index < -0.39 is 0 Å². The van der Waals surface area contributed by atoms with E-state index in [4.69, 9.17) is 16.3 Å². The van der Waals surface area contributed by atoms with Gasteiger partial charge < -0.3 is 15.4 Å². The van der Waals surface area contributed by atoms with Crippen molar-refractivity contribution < 1.29 is 4.74 Å². The van der Waals surface area contributed by atoms with E-state index in [-0.39, 0.29) is 6.10 Å². The smallest absolute Gasteiger partial charge is 0.142 e. The minimum absolute atomic E-state index is 0.230. The molecule has 1 heterocycles. The Labute approximate surface area is 143 Å². The highest BCUT2D eigenvalue weighted by atomic mass is 35.5. The summed E-state index contributed by atoms with van der Waals surface area (Å²) in [6, 6.07) is 14.8. The first-order valence-corrected chi connectivity index (χ1v) is 8.49. The summed E-state index contributed by atoms with van der Waals surface area (Å²) in [5.41, 5.74) is 3.66. The average Bonchev–Trinajstić information content (AvgIpc) is 2.54. The predicted molar refractivity (Wildman–Crippen MR) is 96.5 cm³/mol. The van der Waals surface area contributed by atoms with E-state index in [0.29, 0.717) is 6.04 Å². The Balaban J connectivity index is 1.55. The van der Waals surface area contributed by atoms with Gasteiger partial charge in [0.2, 0.25) is 0 Å². The lowest BCUT2D eigenvalue weighted by atomic mass is 10.0. The van der Waals surface area contributed by atoms with E-state index >= 15 is 0 Å². The van der Waals surface area contributed by atoms with E-state index in [1.54, 1.807) is 0 Å². The highest BCUT2D eigenvalue weighted by Gasteiger charge is 2.15. The van der Waals surface area contributed by atoms with E-state index in [2.05, 4.69) is 54.8 Å². The van der Waals surface area contributed by atoms with Crippen LogP contribution in [0.2, 0.25) is 5.02 Å². The summed E-state index contributed by atoms with van der Waals surface area (Å²) in [5.74, 6) is 0.953. The van der Waals surface area contributed by atoms with Crippen LogP contribution in [-0.2, 0) is 13.0 Å². The first-order chi connectivity index (χ1) is 11.1. The molecule has 2 unspecified atom stereocenters. The number of benzene rings is 2. The first-order valence-electron chi connectivity index (χ1n) is 8.11. The summed E-state index contributed by atoms with van der Waals surface area (Å²) in [6.45, 7) is 6.00. The molecule has 1 aliphatic heterocycles. The number of hydrogen-bond donors (Lipinski definition) is 2. The maximum atomic E-state index is 5.91. The van der Waals surface area contributed by atoms with Gasteiger partial charge in [-0.15, -0.1) is 0 Å². The Hall–Kier alpha value is -1.71. The maximum absolute atomic E-state index is 5.91. The number of fused-ring (bicyclic) bond motifs is 1. The van der Waals surface area contributed by atoms with Gasteiger partial charge in [-0.3, -0.25) is 0 Å². The Morgan fingerprint density at radius 1 is 1.22 bits per heavy atom. The van der Waals surface area contributed by atoms with Crippen molar-refractivity contribution in [1.82, 2.24) is 5.32 Å². The third-order valence-corrected chi connectivity index (χ3v) is 4.31. The van der Waals surface area contributed by atoms with Crippen molar-refractivity contribution in [3.05, 3.63) is 58.6 Å². The summed E-state index contributed by atoms with van der Waals surface area (Å²) >= 11 is 5.91. The van der Waals surface area contributed by atoms with Gasteiger partial charge in [0.15, 0.2) is 0 Å². The van der Waals surface area contributed by atoms with Crippen molar-refractivity contribution in [3.63, 3.8) is 0 Å². The summed E-state index contributed by atoms with van der Waals surface area (Å²) in [4.78, 5) is 0. The minimum Gasteiger partial charge on any atom is -0.487 e. The number of rotatable bonds is 5. The molecule has 2 atom stereocenters. The molecule has 0 saturated heterocycles. The van der Waals surface area contributed by atoms with Gasteiger partial charge in [0.25, 0.3) is 0 Å². The number of hydrogen-bond acceptors (Lipinski definition) is 3. The molecule has 0 fully saturated rings. The molecule has 0 amide bonds. The molecule has 23 heavy (non-hydrogen) atoms. The van der Waals surface area contributed by atoms with Crippen molar-refractivity contribution in [1.29, 1.82) is 0 Å². The lowest BCUT2D eigenvalue weighted by Crippen LogP contribution is -2.29. The van der Waals surface area contributed by atoms with Crippen molar-refractivity contribution in [2.45, 2.75) is 39.0 Å². The highest BCUT2D eigenvalue weighted by Crippen LogP contribution is 2.30. The lowest BCUT2D eigenvalue weighted by Gasteiger charge is -2.25. The topological polar surface area (TPSA) is 33.3 Å². The van der Waals surface area contributed by atoms with E-state index in [9.17, 15) is 0 Å². The van der Waals surface area contributed by atoms with E-state index in [1.165, 1.54) is 11.1 Å². The van der Waals surface area contributed by atoms with E-state index in [1.807, 2.05) is 12.1 Å². The fraction of sp³-hybridized carbons (Fsp3) is 0.368. The Bertz CT molecular complexity index is 657. The molecule has 122 valence electrons. The SMILES string of the molecule is CC(Cc1ccc2c(c1)NCC(C)O2)NCc1ccc(Cl)cc1. The molecule has 0 aromatic heterocycles. The molecular formula is C19H23ClN2O. The van der Waals surface area contributed by atoms with Crippen molar-refractivity contribution in [2.75, 3.05) is 11.9 Å². The largest absolute Gasteiger partial charge is 0.487 e. The zero-order chi connectivity index (χ0) is 16.2. The summed E-state index contributed by atoms with van der Waals surface area (Å²) in [5, 5.41) is 7.77. The number of anilines is 1. The molecule has 4 heteroatoms. The number of nitrogens with one attached hydrogen (secondary N) is 2. The van der Waals surface area contributed by atoms with Gasteiger partial charge >= 0.3 is 0 Å². The molecular weight excluding hydrogens is 308 g/mol. The molecule has 0 radical (unpaired) electrons. The molecule has 2 aromatic rings. The van der Waals surface area contributed by atoms with Gasteiger partial charge in [0.1, 0.15) is 11.9 Å². The third kappa shape index (κ3) is 4.40. The maximum Gasteiger partial charge on any atom is 0.142 e. The standard InChI is InChI=1S/C19H23ClN2O/c1-13(21-12-15-3-6-17(20)7-4-15)9-16-5-8-19-18(10-16)22-11-14(2)23-19/h3-8,10,13-14,21-22H,9,11-12H2,1-2H3. The van der Waals surface area contributed by atoms with Crippen LogP contribution in [0.3, 0.4) is 0 Å². The fourth-order valence-electron chi connectivity index (χ4n) is 2.78. The van der Waals surface area contributed by atoms with Crippen LogP contribution in [0.25, 0.3) is 0 Å². The monoisotopic (exact) mass is 330 g/mol. The number of ether oxygens (including phenoxy) is 1. The van der Waals surface area contributed by atoms with Crippen LogP contribution in [0, 0.1) is 0 Å². The quantitative estimate of drug-likeness (QED) is 0.859. The van der Waals surface area contributed by atoms with Crippen LogP contribution in [0.4, 0.5) is 5.69 Å². The van der Waals surface area contributed by atoms with Gasteiger partial charge in [-0.2, -0.15) is 0 Å². The molecule has 2 aromatic carbocycles. The highest BCUT2D eigenvalue weighted by molar-refractivity contribution is 6.30. The third-order valence-electron chi connectivity index (χ3n) is 4.06. The molecule has 1 aliphatic rings. The van der Waals surface area contributed by atoms with Crippen LogP contribution in [0.1, 0.15) is 25.0 Å². The van der Waals surface area contributed by atoms with Gasteiger partial charge in [-0.1, -0.05) is 29.8 Å². The van der Waals surface area contributed by atoms with Crippen molar-refractivity contribution >= 4 is 17.3 Å². The van der Waals surface area contributed by atoms with Crippen LogP contribution >= 0.6 is 11.6 Å². The van der Waals surface area contributed by atoms with Gasteiger partial charge in [-0.25, -0.2) is 0 Å². The molecule has 0 saturated carbocycles. The van der Waals surface area contributed by atoms with Crippen LogP contribution < -0.4 is 15.4 Å². The Morgan fingerprint density at radius 2 is 1.96 bits per heavy atom. The zero-order valence-electron chi connectivity index (χ0n) is 13.6. The zero-order valence-corrected chi connectivity index (χ0v) is 14.4. The molecule has 0 spiro atoms. The predicted octanol–water partition coefficient (Wildman–Crippen LogP) is 4.25. The molecule has 0 bridgehead atoms. The average molecular weight is 331 g/mol. The van der Waals surface area contributed by atoms with Crippen LogP contribution in [0.5, 0.6) is 5.75 Å². The van der Waals surface area contributed by atoms with Crippen molar-refractivity contribution in [2.24, 2.45) is 0 Å². The van der Waals surface area contributed by atoms with Crippen molar-refractivity contribution in [3.8, 4) is 5.75 Å². The summed E-state index contributed by atoms with van der Waals surface area (Å²) in [7, 11) is 0. The molecule has 0 aliphatic carbocycles. The second-order valence-electron chi connectivity index (χ2n) is 6.25. The summed E-state index contributed by atoms with van der Waals surface area (Å²) in [6.07, 6.45) is 1.21. The Morgan fingerprint density at radius 3 is 2.74 bits per heavy atom. The van der Waals surface area contributed by atoms with Gasteiger partial charge in [-0.05, 0) is 55.7 Å². The normalized spacial score (nSPS) is 17.8. The molecule has 3 nitrogen and oxygen atoms in total. The van der Waals surface area contributed by atoms with Crippen LogP contribution in [0.15, 0.2) is 42.5 Å². The first kappa shape index (κ1) is 16.2. The van der Waals surface area contributed by atoms with Crippen LogP contribution in [-0.4, -0.2) is 18.7 Å². The van der Waals surface area contributed by atoms with E-state index in [0.717, 1.165) is 36.0 Å². The Kier molecular flexibility index (Phi) is 5.09. The van der Waals surface area contributed by atoms with Gasteiger partial charge in [0.05, 0.1) is 12.2 Å². The second-order valence-corrected chi connectivity index (χ2v) is 6.69. The minimum atomic E-state index is 0.230. The second kappa shape index (κ2) is 7.24.